The van der Waals surface area contributed by atoms with Gasteiger partial charge >= 0.3 is 0 Å². The Bertz CT molecular complexity index is 5210. The number of aromatic amines is 2. The zero-order valence-corrected chi connectivity index (χ0v) is 64.9. The number of methoxy groups -OCH3 is 1. The summed E-state index contributed by atoms with van der Waals surface area (Å²) in [5.74, 6) is -0.785. The van der Waals surface area contributed by atoms with Gasteiger partial charge in [0.1, 0.15) is 17.8 Å². The van der Waals surface area contributed by atoms with Gasteiger partial charge in [-0.3, -0.25) is 38.4 Å². The van der Waals surface area contributed by atoms with Crippen molar-refractivity contribution < 1.29 is 43.1 Å². The average Bonchev–Trinajstić information content (AvgIpc) is 1.59. The SMILES string of the molecule is C.COc1ccc(-c2c(-c3ccc(NC(=O)[C@@H]4CCCN4C(=O)[C@H](C)c4ccccc4)cc3)[nH]c3ccc(CC(=O)N4CCCC4C(=O)[C@H](C)c4ccccc4)cc23)cc1.C[C@@H](C(=O)C1CCCN1C(=O)Cc1ccc2[nH]c(-c3ccc(NC(=O)[C@@H]4CCCN4C(=O)[C@H](C)c4ccccc4)cc3)c(Br)c2c1)c1ccccc1. The van der Waals surface area contributed by atoms with E-state index in [-0.39, 0.29) is 90.9 Å². The summed E-state index contributed by atoms with van der Waals surface area (Å²) in [6.07, 6.45) is 6.24. The van der Waals surface area contributed by atoms with Crippen molar-refractivity contribution in [3.63, 3.8) is 0 Å². The van der Waals surface area contributed by atoms with E-state index in [9.17, 15) is 38.4 Å². The number of Topliss-reactive ketones (excluding diaryl/α,β-unsaturated/α-hetero) is 2. The predicted octanol–water partition coefficient (Wildman–Crippen LogP) is 18.0. The van der Waals surface area contributed by atoms with Gasteiger partial charge in [0.05, 0.1) is 59.7 Å². The highest BCUT2D eigenvalue weighted by Crippen LogP contribution is 2.42. The van der Waals surface area contributed by atoms with Crippen molar-refractivity contribution in [2.45, 2.75) is 147 Å². The number of halogens is 1. The molecule has 0 saturated carbocycles. The zero-order chi connectivity index (χ0) is 77.4. The Balaban J connectivity index is 0.000000196. The Morgan fingerprint density at radius 2 is 0.759 bits per heavy atom. The van der Waals surface area contributed by atoms with Gasteiger partial charge in [-0.25, -0.2) is 0 Å². The Hall–Kier alpha value is -11.5. The number of carbonyl (C=O) groups is 8. The highest BCUT2D eigenvalue weighted by molar-refractivity contribution is 9.10. The van der Waals surface area contributed by atoms with E-state index in [1.54, 1.807) is 26.7 Å². The highest BCUT2D eigenvalue weighted by Gasteiger charge is 2.41. The second-order valence-corrected chi connectivity index (χ2v) is 30.7. The number of nitrogens with zero attached hydrogens (tertiary/aromatic N) is 4. The molecule has 8 atom stereocenters. The molecule has 2 unspecified atom stereocenters. The summed E-state index contributed by atoms with van der Waals surface area (Å²) in [6, 6.07) is 72.4. The standard InChI is InChI=1S/C50H50N4O5.C43H43BrN4O4.CH4/c1-32(35-12-6-4-7-13-35)48(56)43-16-10-28-53(43)45(55)31-34-18-27-42-41(30-34)46(37-21-25-40(59-3)26-22-37)47(52-42)38-19-23-39(24-20-38)51-49(57)44-17-11-29-54(44)50(58)33(2)36-14-8-5-9-15-36;1-27(30-11-5-3-6-12-30)41(50)36-15-9-23-47(36)38(49)26-29-17-22-35-34(25-29)39(44)40(46-35)32-18-20-33(21-19-32)45-42(51)37-16-10-24-48(37)43(52)28(2)31-13-7-4-8-14-31;/h4-9,12-15,18-27,30,32-33,43-44,52H,10-11,16-17,28-29,31H2,1-3H3,(H,51,57);3-8,11-14,17-22,25,27-28,36-37,46H,9-10,15-16,23-24,26H2,1-2H3,(H,45,51);1H4/t32-,33-,43?,44+;27-,28-,36?,37+;/m11./s1. The quantitative estimate of drug-likeness (QED) is 0.0507. The number of anilines is 2. The number of likely N-dealkylation sites (tertiary alicyclic amines) is 4. The summed E-state index contributed by atoms with van der Waals surface area (Å²) in [7, 11) is 1.64. The van der Waals surface area contributed by atoms with E-state index in [2.05, 4.69) is 42.6 Å². The largest absolute Gasteiger partial charge is 0.497 e. The highest BCUT2D eigenvalue weighted by atomic mass is 79.9. The van der Waals surface area contributed by atoms with Gasteiger partial charge in [0.15, 0.2) is 11.6 Å². The number of H-pyrrole nitrogens is 2. The third-order valence-electron chi connectivity index (χ3n) is 22.9. The minimum absolute atomic E-state index is 0. The molecule has 0 spiro atoms. The molecule has 112 heavy (non-hydrogen) atoms. The van der Waals surface area contributed by atoms with Crippen LogP contribution >= 0.6 is 15.9 Å². The van der Waals surface area contributed by atoms with E-state index in [1.165, 1.54) is 0 Å². The van der Waals surface area contributed by atoms with Crippen LogP contribution in [0.15, 0.2) is 235 Å². The van der Waals surface area contributed by atoms with E-state index in [4.69, 9.17) is 4.74 Å². The number of amides is 6. The molecule has 4 N–H and O–H groups in total. The van der Waals surface area contributed by atoms with Gasteiger partial charge in [0.25, 0.3) is 0 Å². The van der Waals surface area contributed by atoms with Gasteiger partial charge < -0.3 is 44.9 Å². The fraction of sp³-hybridized carbons (Fsp3) is 0.298. The van der Waals surface area contributed by atoms with Crippen LogP contribution in [0.1, 0.15) is 144 Å². The van der Waals surface area contributed by atoms with Gasteiger partial charge in [-0.2, -0.15) is 0 Å². The second kappa shape index (κ2) is 35.2. The van der Waals surface area contributed by atoms with Gasteiger partial charge in [-0.15, -0.1) is 0 Å². The summed E-state index contributed by atoms with van der Waals surface area (Å²) in [4.78, 5) is 123. The van der Waals surface area contributed by atoms with Crippen molar-refractivity contribution in [3.8, 4) is 39.4 Å². The molecule has 0 radical (unpaired) electrons. The average molecular weight is 1560 g/mol. The van der Waals surface area contributed by atoms with Crippen molar-refractivity contribution in [1.82, 2.24) is 29.6 Å². The molecule has 4 aliphatic heterocycles. The molecule has 6 amide bonds. The van der Waals surface area contributed by atoms with E-state index < -0.39 is 24.2 Å². The monoisotopic (exact) mass is 1560 g/mol. The van der Waals surface area contributed by atoms with E-state index >= 15 is 0 Å². The maximum atomic E-state index is 13.9. The number of ketones is 2. The molecule has 0 aliphatic carbocycles. The molecular weight excluding hydrogens is 1460 g/mol. The lowest BCUT2D eigenvalue weighted by Crippen LogP contribution is -2.44. The summed E-state index contributed by atoms with van der Waals surface area (Å²) < 4.78 is 6.35. The number of benzene rings is 9. The lowest BCUT2D eigenvalue weighted by Gasteiger charge is -2.27. The smallest absolute Gasteiger partial charge is 0.247 e. The molecule has 574 valence electrons. The molecule has 9 aromatic carbocycles. The number of aromatic nitrogens is 2. The van der Waals surface area contributed by atoms with E-state index in [0.717, 1.165) is 125 Å². The van der Waals surface area contributed by atoms with E-state index in [0.29, 0.717) is 63.2 Å². The number of ether oxygens (including phenoxy) is 1. The maximum absolute atomic E-state index is 13.9. The Labute approximate surface area is 663 Å². The molecule has 18 heteroatoms. The lowest BCUT2D eigenvalue weighted by molar-refractivity contribution is -0.137. The van der Waals surface area contributed by atoms with Crippen LogP contribution < -0.4 is 15.4 Å². The zero-order valence-electron chi connectivity index (χ0n) is 63.3. The first-order chi connectivity index (χ1) is 53.9. The molecule has 6 heterocycles. The van der Waals surface area contributed by atoms with Crippen LogP contribution in [0, 0.1) is 0 Å². The molecule has 4 aliphatic rings. The summed E-state index contributed by atoms with van der Waals surface area (Å²) in [6.45, 7) is 9.96. The van der Waals surface area contributed by atoms with Crippen LogP contribution in [0.5, 0.6) is 5.75 Å². The van der Waals surface area contributed by atoms with Gasteiger partial charge in [-0.05, 0) is 192 Å². The van der Waals surface area contributed by atoms with Crippen LogP contribution in [-0.4, -0.2) is 134 Å². The van der Waals surface area contributed by atoms with Crippen LogP contribution in [0.3, 0.4) is 0 Å². The van der Waals surface area contributed by atoms with Crippen molar-refractivity contribution in [1.29, 1.82) is 0 Å². The number of hydrogen-bond donors (Lipinski definition) is 4. The van der Waals surface area contributed by atoms with Crippen LogP contribution in [0.4, 0.5) is 11.4 Å². The van der Waals surface area contributed by atoms with Crippen LogP contribution in [0.2, 0.25) is 0 Å². The normalized spacial score (nSPS) is 17.7. The second-order valence-electron chi connectivity index (χ2n) is 29.9. The third kappa shape index (κ3) is 17.0. The molecule has 11 aromatic rings. The van der Waals surface area contributed by atoms with Crippen LogP contribution in [-0.2, 0) is 51.2 Å². The first kappa shape index (κ1) is 78.6. The molecule has 0 bridgehead atoms. The number of nitrogens with one attached hydrogen (secondary N) is 4. The van der Waals surface area contributed by atoms with Crippen molar-refractivity contribution in [3.05, 3.63) is 268 Å². The summed E-state index contributed by atoms with van der Waals surface area (Å²) in [5, 5.41) is 8.03. The topological polar surface area (TPSA) is 214 Å². The molecule has 4 saturated heterocycles. The summed E-state index contributed by atoms with van der Waals surface area (Å²) >= 11 is 3.80. The van der Waals surface area contributed by atoms with Gasteiger partial charge in [0.2, 0.25) is 35.4 Å². The summed E-state index contributed by atoms with van der Waals surface area (Å²) in [5.41, 5.74) is 14.3. The lowest BCUT2D eigenvalue weighted by atomic mass is 9.91. The van der Waals surface area contributed by atoms with Gasteiger partial charge in [0, 0.05) is 76.8 Å². The minimum atomic E-state index is -0.528. The molecule has 15 rings (SSSR count). The molecule has 4 fully saturated rings. The fourth-order valence-corrected chi connectivity index (χ4v) is 17.2. The van der Waals surface area contributed by atoms with Crippen molar-refractivity contribution >= 4 is 96.1 Å². The Morgan fingerprint density at radius 1 is 0.411 bits per heavy atom. The number of fused-ring (bicyclic) bond motifs is 2. The molecule has 17 nitrogen and oxygen atoms in total. The van der Waals surface area contributed by atoms with Crippen molar-refractivity contribution in [2.75, 3.05) is 43.9 Å². The van der Waals surface area contributed by atoms with Gasteiger partial charge in [-0.1, -0.05) is 191 Å². The Morgan fingerprint density at radius 3 is 1.17 bits per heavy atom. The van der Waals surface area contributed by atoms with E-state index in [1.807, 2.05) is 252 Å². The maximum Gasteiger partial charge on any atom is 0.247 e. The first-order valence-electron chi connectivity index (χ1n) is 38.8. The number of hydrogen-bond acceptors (Lipinski definition) is 9. The Kier molecular flexibility index (Phi) is 24.7. The number of carbonyl (C=O) groups excluding carboxylic acids is 8. The molecular formula is C94H97BrN8O9. The first-order valence-corrected chi connectivity index (χ1v) is 39.6. The minimum Gasteiger partial charge on any atom is -0.497 e. The van der Waals surface area contributed by atoms with Crippen molar-refractivity contribution in [2.24, 2.45) is 0 Å². The predicted molar refractivity (Wildman–Crippen MR) is 447 cm³/mol. The van der Waals surface area contributed by atoms with Crippen LogP contribution in [0.25, 0.3) is 55.4 Å². The number of rotatable bonds is 22. The third-order valence-corrected chi connectivity index (χ3v) is 23.7. The molecule has 2 aromatic heterocycles. The fourth-order valence-electron chi connectivity index (χ4n) is 16.6.